The molecule has 32 heavy (non-hydrogen) atoms. The predicted octanol–water partition coefficient (Wildman–Crippen LogP) is 4.24. The molecule has 7 heteroatoms. The lowest BCUT2D eigenvalue weighted by Crippen LogP contribution is -2.35. The Morgan fingerprint density at radius 2 is 1.69 bits per heavy atom. The molecular formula is C25H25N3O3S. The largest absolute Gasteiger partial charge is 0.497 e. The molecule has 0 saturated heterocycles. The lowest BCUT2D eigenvalue weighted by atomic mass is 10.1. The van der Waals surface area contributed by atoms with Crippen molar-refractivity contribution < 1.29 is 14.3 Å². The maximum absolute atomic E-state index is 12.6. The highest BCUT2D eigenvalue weighted by Gasteiger charge is 2.12. The van der Waals surface area contributed by atoms with Crippen LogP contribution in [0.1, 0.15) is 34.5 Å². The molecule has 3 rings (SSSR count). The van der Waals surface area contributed by atoms with Gasteiger partial charge in [-0.05, 0) is 60.6 Å². The fourth-order valence-electron chi connectivity index (χ4n) is 3.11. The van der Waals surface area contributed by atoms with Crippen LogP contribution >= 0.6 is 12.2 Å². The Hall–Kier alpha value is -3.71. The molecule has 6 nitrogen and oxygen atoms in total. The summed E-state index contributed by atoms with van der Waals surface area (Å²) in [5.41, 5.74) is 2.97. The number of amides is 2. The van der Waals surface area contributed by atoms with Gasteiger partial charge in [-0.15, -0.1) is 0 Å². The van der Waals surface area contributed by atoms with Gasteiger partial charge in [0.2, 0.25) is 5.91 Å². The van der Waals surface area contributed by atoms with Crippen LogP contribution in [0.4, 0.5) is 5.69 Å². The molecule has 0 aliphatic heterocycles. The first-order valence-electron chi connectivity index (χ1n) is 10.1. The Morgan fingerprint density at radius 3 is 2.38 bits per heavy atom. The van der Waals surface area contributed by atoms with Crippen molar-refractivity contribution in [3.63, 3.8) is 0 Å². The number of carbonyl (C=O) groups is 2. The molecule has 0 saturated carbocycles. The number of anilines is 1. The van der Waals surface area contributed by atoms with Crippen molar-refractivity contribution in [3.8, 4) is 5.75 Å². The normalized spacial score (nSPS) is 11.2. The van der Waals surface area contributed by atoms with Gasteiger partial charge in [-0.25, -0.2) is 0 Å². The zero-order chi connectivity index (χ0) is 22.9. The summed E-state index contributed by atoms with van der Waals surface area (Å²) in [6.45, 7) is 1.93. The Labute approximate surface area is 193 Å². The van der Waals surface area contributed by atoms with Gasteiger partial charge in [0.25, 0.3) is 5.91 Å². The van der Waals surface area contributed by atoms with Crippen molar-refractivity contribution in [1.29, 1.82) is 0 Å². The summed E-state index contributed by atoms with van der Waals surface area (Å²) in [6, 6.07) is 23.8. The van der Waals surface area contributed by atoms with E-state index >= 15 is 0 Å². The Bertz CT molecular complexity index is 1090. The second kappa shape index (κ2) is 11.1. The molecule has 0 fully saturated rings. The van der Waals surface area contributed by atoms with E-state index in [-0.39, 0.29) is 29.4 Å². The fraction of sp³-hybridized carbons (Fsp3) is 0.160. The first-order valence-corrected chi connectivity index (χ1v) is 10.5. The van der Waals surface area contributed by atoms with Crippen molar-refractivity contribution in [2.45, 2.75) is 19.4 Å². The van der Waals surface area contributed by atoms with Gasteiger partial charge < -0.3 is 20.7 Å². The quantitative estimate of drug-likeness (QED) is 0.472. The third-order valence-electron chi connectivity index (χ3n) is 4.81. The monoisotopic (exact) mass is 447 g/mol. The van der Waals surface area contributed by atoms with Gasteiger partial charge in [-0.3, -0.25) is 9.59 Å². The number of hydrogen-bond donors (Lipinski definition) is 3. The number of benzene rings is 3. The van der Waals surface area contributed by atoms with Gasteiger partial charge in [0.15, 0.2) is 5.11 Å². The molecule has 0 spiro atoms. The van der Waals surface area contributed by atoms with Crippen LogP contribution in [0, 0.1) is 0 Å². The van der Waals surface area contributed by atoms with Crippen LogP contribution in [0.2, 0.25) is 0 Å². The summed E-state index contributed by atoms with van der Waals surface area (Å²) < 4.78 is 5.12. The SMILES string of the molecule is COc1ccc(CC(=O)NC(=S)Nc2cccc(C(=O)NC(C)c3ccccc3)c2)cc1. The van der Waals surface area contributed by atoms with Gasteiger partial charge in [-0.2, -0.15) is 0 Å². The zero-order valence-electron chi connectivity index (χ0n) is 17.9. The van der Waals surface area contributed by atoms with Crippen LogP contribution in [-0.2, 0) is 11.2 Å². The Kier molecular flexibility index (Phi) is 7.94. The Balaban J connectivity index is 1.54. The number of nitrogens with one attached hydrogen (secondary N) is 3. The van der Waals surface area contributed by atoms with Crippen LogP contribution in [0.3, 0.4) is 0 Å². The van der Waals surface area contributed by atoms with Crippen LogP contribution in [-0.4, -0.2) is 24.0 Å². The van der Waals surface area contributed by atoms with E-state index in [9.17, 15) is 9.59 Å². The highest BCUT2D eigenvalue weighted by Crippen LogP contribution is 2.15. The van der Waals surface area contributed by atoms with E-state index in [2.05, 4.69) is 16.0 Å². The molecule has 0 bridgehead atoms. The lowest BCUT2D eigenvalue weighted by Gasteiger charge is -2.15. The third kappa shape index (κ3) is 6.65. The number of carbonyl (C=O) groups excluding carboxylic acids is 2. The number of rotatable bonds is 7. The summed E-state index contributed by atoms with van der Waals surface area (Å²) in [7, 11) is 1.59. The molecule has 0 aliphatic carbocycles. The average Bonchev–Trinajstić information content (AvgIpc) is 2.80. The second-order valence-corrected chi connectivity index (χ2v) is 7.62. The predicted molar refractivity (Wildman–Crippen MR) is 130 cm³/mol. The van der Waals surface area contributed by atoms with Crippen LogP contribution in [0.5, 0.6) is 5.75 Å². The first-order chi connectivity index (χ1) is 15.4. The van der Waals surface area contributed by atoms with Crippen molar-refractivity contribution in [3.05, 3.63) is 95.6 Å². The van der Waals surface area contributed by atoms with Crippen molar-refractivity contribution in [2.75, 3.05) is 12.4 Å². The molecular weight excluding hydrogens is 422 g/mol. The number of thiocarbonyl (C=S) groups is 1. The van der Waals surface area contributed by atoms with E-state index in [1.165, 1.54) is 0 Å². The summed E-state index contributed by atoms with van der Waals surface area (Å²) >= 11 is 5.25. The third-order valence-corrected chi connectivity index (χ3v) is 5.01. The first kappa shape index (κ1) is 23.0. The second-order valence-electron chi connectivity index (χ2n) is 7.21. The van der Waals surface area contributed by atoms with Crippen LogP contribution < -0.4 is 20.7 Å². The van der Waals surface area contributed by atoms with Gasteiger partial charge in [0.1, 0.15) is 5.75 Å². The van der Waals surface area contributed by atoms with Crippen LogP contribution in [0.25, 0.3) is 0 Å². The van der Waals surface area contributed by atoms with Gasteiger partial charge in [0.05, 0.1) is 19.6 Å². The van der Waals surface area contributed by atoms with Crippen LogP contribution in [0.15, 0.2) is 78.9 Å². The summed E-state index contributed by atoms with van der Waals surface area (Å²) in [5.74, 6) is 0.297. The molecule has 0 aromatic heterocycles. The highest BCUT2D eigenvalue weighted by atomic mass is 32.1. The molecule has 0 heterocycles. The van der Waals surface area contributed by atoms with E-state index in [1.807, 2.05) is 49.4 Å². The molecule has 3 aromatic carbocycles. The summed E-state index contributed by atoms with van der Waals surface area (Å²) in [5, 5.41) is 8.76. The topological polar surface area (TPSA) is 79.5 Å². The minimum Gasteiger partial charge on any atom is -0.497 e. The number of methoxy groups -OCH3 is 1. The van der Waals surface area contributed by atoms with Crippen molar-refractivity contribution in [2.24, 2.45) is 0 Å². The number of ether oxygens (including phenoxy) is 1. The van der Waals surface area contributed by atoms with E-state index in [4.69, 9.17) is 17.0 Å². The minimum atomic E-state index is -0.238. The van der Waals surface area contributed by atoms with E-state index in [0.29, 0.717) is 11.3 Å². The van der Waals surface area contributed by atoms with E-state index in [1.54, 1.807) is 43.5 Å². The summed E-state index contributed by atoms with van der Waals surface area (Å²) in [6.07, 6.45) is 0.186. The maximum atomic E-state index is 12.6. The molecule has 0 radical (unpaired) electrons. The lowest BCUT2D eigenvalue weighted by molar-refractivity contribution is -0.119. The minimum absolute atomic E-state index is 0.126. The van der Waals surface area contributed by atoms with Gasteiger partial charge >= 0.3 is 0 Å². The molecule has 1 unspecified atom stereocenters. The van der Waals surface area contributed by atoms with Crippen molar-refractivity contribution in [1.82, 2.24) is 10.6 Å². The van der Waals surface area contributed by atoms with Gasteiger partial charge in [-0.1, -0.05) is 48.5 Å². The molecule has 0 aliphatic rings. The zero-order valence-corrected chi connectivity index (χ0v) is 18.7. The summed E-state index contributed by atoms with van der Waals surface area (Å²) in [4.78, 5) is 24.9. The van der Waals surface area contributed by atoms with Gasteiger partial charge in [0, 0.05) is 11.3 Å². The smallest absolute Gasteiger partial charge is 0.251 e. The molecule has 3 N–H and O–H groups in total. The molecule has 2 amide bonds. The fourth-order valence-corrected chi connectivity index (χ4v) is 3.34. The van der Waals surface area contributed by atoms with E-state index in [0.717, 1.165) is 16.9 Å². The van der Waals surface area contributed by atoms with E-state index < -0.39 is 0 Å². The molecule has 164 valence electrons. The Morgan fingerprint density at radius 1 is 0.969 bits per heavy atom. The maximum Gasteiger partial charge on any atom is 0.251 e. The highest BCUT2D eigenvalue weighted by molar-refractivity contribution is 7.80. The number of hydrogen-bond acceptors (Lipinski definition) is 4. The standard InChI is InChI=1S/C25H25N3O3S/c1-17(19-7-4-3-5-8-19)26-24(30)20-9-6-10-21(16-20)27-25(32)28-23(29)15-18-11-13-22(31-2)14-12-18/h3-14,16-17H,15H2,1-2H3,(H,26,30)(H2,27,28,29,32). The molecule has 3 aromatic rings. The van der Waals surface area contributed by atoms with Crippen molar-refractivity contribution >= 4 is 34.8 Å². The average molecular weight is 448 g/mol. The molecule has 1 atom stereocenters.